The highest BCUT2D eigenvalue weighted by atomic mass is 35.5. The first kappa shape index (κ1) is 9.93. The minimum absolute atomic E-state index is 0.734. The van der Waals surface area contributed by atoms with E-state index in [0.29, 0.717) is 0 Å². The Balaban J connectivity index is 2.09. The van der Waals surface area contributed by atoms with Gasteiger partial charge in [-0.2, -0.15) is 0 Å². The molecule has 0 amide bonds. The number of ether oxygens (including phenoxy) is 1. The van der Waals surface area contributed by atoms with Crippen LogP contribution in [0.3, 0.4) is 0 Å². The maximum atomic E-state index is 6.09. The van der Waals surface area contributed by atoms with E-state index in [1.807, 2.05) is 12.1 Å². The number of hydrogen-bond donors (Lipinski definition) is 1. The Morgan fingerprint density at radius 1 is 1.31 bits per heavy atom. The second-order valence-electron chi connectivity index (χ2n) is 3.82. The largest absolute Gasteiger partial charge is 0.378 e. The van der Waals surface area contributed by atoms with E-state index in [4.69, 9.17) is 16.3 Å². The molecule has 1 saturated heterocycles. The van der Waals surface area contributed by atoms with Crippen molar-refractivity contribution in [3.63, 3.8) is 0 Å². The monoisotopic (exact) mass is 237 g/mol. The van der Waals surface area contributed by atoms with E-state index in [1.54, 1.807) is 6.33 Å². The molecule has 5 heteroatoms. The Morgan fingerprint density at radius 3 is 2.94 bits per heavy atom. The van der Waals surface area contributed by atoms with Crippen LogP contribution in [-0.4, -0.2) is 36.3 Å². The molecule has 2 aromatic rings. The van der Waals surface area contributed by atoms with Gasteiger partial charge >= 0.3 is 0 Å². The Hall–Kier alpha value is -1.26. The fourth-order valence-electron chi connectivity index (χ4n) is 2.04. The normalized spacial score (nSPS) is 16.9. The van der Waals surface area contributed by atoms with Gasteiger partial charge in [-0.3, -0.25) is 0 Å². The number of nitrogens with one attached hydrogen (secondary N) is 1. The van der Waals surface area contributed by atoms with E-state index < -0.39 is 0 Å². The lowest BCUT2D eigenvalue weighted by molar-refractivity contribution is 0.123. The van der Waals surface area contributed by atoms with Gasteiger partial charge in [0.2, 0.25) is 0 Å². The van der Waals surface area contributed by atoms with E-state index in [-0.39, 0.29) is 0 Å². The van der Waals surface area contributed by atoms with Crippen molar-refractivity contribution < 1.29 is 4.74 Å². The number of nitrogens with zero attached hydrogens (tertiary/aromatic N) is 2. The molecule has 0 spiro atoms. The lowest BCUT2D eigenvalue weighted by Gasteiger charge is -2.29. The van der Waals surface area contributed by atoms with Crippen LogP contribution in [0.5, 0.6) is 0 Å². The van der Waals surface area contributed by atoms with E-state index >= 15 is 0 Å². The Kier molecular flexibility index (Phi) is 2.46. The first-order valence-electron chi connectivity index (χ1n) is 5.30. The van der Waals surface area contributed by atoms with Crippen molar-refractivity contribution >= 4 is 28.3 Å². The van der Waals surface area contributed by atoms with E-state index in [9.17, 15) is 0 Å². The summed E-state index contributed by atoms with van der Waals surface area (Å²) in [4.78, 5) is 9.69. The molecule has 0 saturated carbocycles. The molecule has 0 radical (unpaired) electrons. The SMILES string of the molecule is Clc1cc(N2CCOCC2)c2nc[nH]c2c1. The van der Waals surface area contributed by atoms with Crippen LogP contribution in [0.25, 0.3) is 11.0 Å². The van der Waals surface area contributed by atoms with Gasteiger partial charge in [-0.05, 0) is 12.1 Å². The predicted octanol–water partition coefficient (Wildman–Crippen LogP) is 2.05. The first-order chi connectivity index (χ1) is 7.84. The molecule has 84 valence electrons. The number of aromatic nitrogens is 2. The van der Waals surface area contributed by atoms with Gasteiger partial charge in [-0.25, -0.2) is 4.98 Å². The van der Waals surface area contributed by atoms with Crippen LogP contribution in [0.2, 0.25) is 5.02 Å². The number of morpholine rings is 1. The van der Waals surface area contributed by atoms with Gasteiger partial charge in [-0.1, -0.05) is 11.6 Å². The number of aromatic amines is 1. The van der Waals surface area contributed by atoms with Crippen molar-refractivity contribution in [1.82, 2.24) is 9.97 Å². The molecule has 16 heavy (non-hydrogen) atoms. The quantitative estimate of drug-likeness (QED) is 0.826. The smallest absolute Gasteiger partial charge is 0.112 e. The second-order valence-corrected chi connectivity index (χ2v) is 4.26. The fraction of sp³-hybridized carbons (Fsp3) is 0.364. The van der Waals surface area contributed by atoms with Crippen LogP contribution < -0.4 is 4.90 Å². The summed E-state index contributed by atoms with van der Waals surface area (Å²) >= 11 is 6.09. The summed E-state index contributed by atoms with van der Waals surface area (Å²) in [6.07, 6.45) is 1.70. The molecular weight excluding hydrogens is 226 g/mol. The van der Waals surface area contributed by atoms with Gasteiger partial charge in [0.25, 0.3) is 0 Å². The minimum Gasteiger partial charge on any atom is -0.378 e. The summed E-state index contributed by atoms with van der Waals surface area (Å²) in [7, 11) is 0. The lowest BCUT2D eigenvalue weighted by Crippen LogP contribution is -2.36. The molecule has 0 aliphatic carbocycles. The zero-order chi connectivity index (χ0) is 11.0. The van der Waals surface area contributed by atoms with E-state index in [0.717, 1.165) is 48.0 Å². The van der Waals surface area contributed by atoms with E-state index in [1.165, 1.54) is 0 Å². The van der Waals surface area contributed by atoms with Gasteiger partial charge in [0, 0.05) is 18.1 Å². The average molecular weight is 238 g/mol. The average Bonchev–Trinajstić information content (AvgIpc) is 2.77. The second kappa shape index (κ2) is 3.96. The Morgan fingerprint density at radius 2 is 2.12 bits per heavy atom. The standard InChI is InChI=1S/C11H12ClN3O/c12-8-5-9-11(14-7-13-9)10(6-8)15-1-3-16-4-2-15/h5-7H,1-4H2,(H,13,14). The van der Waals surface area contributed by atoms with Gasteiger partial charge < -0.3 is 14.6 Å². The van der Waals surface area contributed by atoms with Crippen molar-refractivity contribution in [3.05, 3.63) is 23.5 Å². The van der Waals surface area contributed by atoms with Gasteiger partial charge in [0.1, 0.15) is 5.52 Å². The van der Waals surface area contributed by atoms with Crippen molar-refractivity contribution in [1.29, 1.82) is 0 Å². The summed E-state index contributed by atoms with van der Waals surface area (Å²) < 4.78 is 5.34. The highest BCUT2D eigenvalue weighted by Gasteiger charge is 2.15. The van der Waals surface area contributed by atoms with Crippen LogP contribution in [0.1, 0.15) is 0 Å². The van der Waals surface area contributed by atoms with Crippen molar-refractivity contribution in [2.24, 2.45) is 0 Å². The topological polar surface area (TPSA) is 41.1 Å². The minimum atomic E-state index is 0.734. The highest BCUT2D eigenvalue weighted by molar-refractivity contribution is 6.31. The number of imidazole rings is 1. The van der Waals surface area contributed by atoms with Gasteiger partial charge in [-0.15, -0.1) is 0 Å². The zero-order valence-electron chi connectivity index (χ0n) is 8.74. The van der Waals surface area contributed by atoms with Gasteiger partial charge in [0.15, 0.2) is 0 Å². The van der Waals surface area contributed by atoms with Crippen LogP contribution in [0.4, 0.5) is 5.69 Å². The molecular formula is C11H12ClN3O. The summed E-state index contributed by atoms with van der Waals surface area (Å²) in [5.41, 5.74) is 3.05. The number of H-pyrrole nitrogens is 1. The summed E-state index contributed by atoms with van der Waals surface area (Å²) in [5.74, 6) is 0. The molecule has 4 nitrogen and oxygen atoms in total. The molecule has 3 rings (SSSR count). The molecule has 2 heterocycles. The molecule has 1 aromatic heterocycles. The molecule has 1 aliphatic heterocycles. The number of fused-ring (bicyclic) bond motifs is 1. The maximum Gasteiger partial charge on any atom is 0.112 e. The molecule has 1 aromatic carbocycles. The fourth-order valence-corrected chi connectivity index (χ4v) is 2.25. The lowest BCUT2D eigenvalue weighted by atomic mass is 10.2. The Labute approximate surface area is 98.2 Å². The molecule has 1 fully saturated rings. The first-order valence-corrected chi connectivity index (χ1v) is 5.68. The molecule has 1 aliphatic rings. The zero-order valence-corrected chi connectivity index (χ0v) is 9.50. The van der Waals surface area contributed by atoms with Crippen molar-refractivity contribution in [2.45, 2.75) is 0 Å². The third-order valence-electron chi connectivity index (χ3n) is 2.82. The molecule has 0 atom stereocenters. The van der Waals surface area contributed by atoms with Crippen LogP contribution in [-0.2, 0) is 4.74 Å². The molecule has 0 bridgehead atoms. The summed E-state index contributed by atoms with van der Waals surface area (Å²) in [6, 6.07) is 3.86. The number of hydrogen-bond acceptors (Lipinski definition) is 3. The third-order valence-corrected chi connectivity index (χ3v) is 3.04. The van der Waals surface area contributed by atoms with Gasteiger partial charge in [0.05, 0.1) is 30.7 Å². The van der Waals surface area contributed by atoms with E-state index in [2.05, 4.69) is 14.9 Å². The number of anilines is 1. The summed E-state index contributed by atoms with van der Waals surface area (Å²) in [6.45, 7) is 3.31. The summed E-state index contributed by atoms with van der Waals surface area (Å²) in [5, 5.41) is 0.734. The van der Waals surface area contributed by atoms with Crippen molar-refractivity contribution in [2.75, 3.05) is 31.2 Å². The molecule has 1 N–H and O–H groups in total. The predicted molar refractivity (Wildman–Crippen MR) is 64.1 cm³/mol. The molecule has 0 unspecified atom stereocenters. The van der Waals surface area contributed by atoms with Crippen LogP contribution >= 0.6 is 11.6 Å². The van der Waals surface area contributed by atoms with Crippen LogP contribution in [0, 0.1) is 0 Å². The number of benzene rings is 1. The number of rotatable bonds is 1. The van der Waals surface area contributed by atoms with Crippen molar-refractivity contribution in [3.8, 4) is 0 Å². The number of halogens is 1. The highest BCUT2D eigenvalue weighted by Crippen LogP contribution is 2.29. The van der Waals surface area contributed by atoms with Crippen LogP contribution in [0.15, 0.2) is 18.5 Å². The third kappa shape index (κ3) is 1.64. The maximum absolute atomic E-state index is 6.09. The Bertz CT molecular complexity index is 505.